The van der Waals surface area contributed by atoms with Crippen LogP contribution >= 0.6 is 0 Å². The summed E-state index contributed by atoms with van der Waals surface area (Å²) in [4.78, 5) is 26.0. The first-order chi connectivity index (χ1) is 19.0. The van der Waals surface area contributed by atoms with Crippen LogP contribution in [0.1, 0.15) is 47.7 Å². The number of hydrogen-bond donors (Lipinski definition) is 4. The van der Waals surface area contributed by atoms with Gasteiger partial charge >= 0.3 is 0 Å². The van der Waals surface area contributed by atoms with Crippen molar-refractivity contribution in [1.82, 2.24) is 24.8 Å². The summed E-state index contributed by atoms with van der Waals surface area (Å²) in [6, 6.07) is 10.1. The first kappa shape index (κ1) is 29.1. The molecule has 2 aromatic heterocycles. The number of pyridine rings is 1. The topological polar surface area (TPSA) is 197 Å². The van der Waals surface area contributed by atoms with Crippen LogP contribution in [0.2, 0.25) is 0 Å². The number of fused-ring (bicyclic) bond motifs is 1. The number of amides is 1. The van der Waals surface area contributed by atoms with Crippen LogP contribution in [-0.4, -0.2) is 69.4 Å². The fourth-order valence-electron chi connectivity index (χ4n) is 4.19. The van der Waals surface area contributed by atoms with Gasteiger partial charge in [0.05, 0.1) is 36.6 Å². The average molecular weight is 571 g/mol. The Morgan fingerprint density at radius 1 is 1.25 bits per heavy atom. The third-order valence-corrected chi connectivity index (χ3v) is 9.62. The van der Waals surface area contributed by atoms with Crippen molar-refractivity contribution in [1.29, 1.82) is 5.26 Å². The maximum absolute atomic E-state index is 13.2. The Hall–Kier alpha value is -3.90. The summed E-state index contributed by atoms with van der Waals surface area (Å²) in [5, 5.41) is 39.2. The second-order valence-electron chi connectivity index (χ2n) is 9.89. The minimum absolute atomic E-state index is 0.0748. The Kier molecular flexibility index (Phi) is 8.22. The molecule has 0 aliphatic heterocycles. The Bertz CT molecular complexity index is 1610. The Morgan fingerprint density at radius 3 is 2.50 bits per heavy atom. The number of rotatable bonds is 12. The quantitative estimate of drug-likeness (QED) is 0.232. The molecule has 1 saturated carbocycles. The summed E-state index contributed by atoms with van der Waals surface area (Å²) < 4.78 is 34.5. The van der Waals surface area contributed by atoms with Gasteiger partial charge in [-0.1, -0.05) is 19.1 Å². The van der Waals surface area contributed by atoms with Gasteiger partial charge in [0.1, 0.15) is 22.4 Å². The molecule has 3 aromatic rings. The summed E-state index contributed by atoms with van der Waals surface area (Å²) in [5.74, 6) is -0.679. The predicted octanol–water partition coefficient (Wildman–Crippen LogP) is 0.0944. The van der Waals surface area contributed by atoms with Gasteiger partial charge in [0, 0.05) is 19.0 Å². The molecule has 1 amide bonds. The maximum Gasteiger partial charge on any atom is 0.263 e. The van der Waals surface area contributed by atoms with E-state index >= 15 is 0 Å². The zero-order chi connectivity index (χ0) is 29.1. The number of nitriles is 1. The molecule has 4 N–H and O–H groups in total. The lowest BCUT2D eigenvalue weighted by Crippen LogP contribution is -2.57. The van der Waals surface area contributed by atoms with E-state index in [1.165, 1.54) is 23.9 Å². The Labute approximate surface area is 230 Å². The number of nitrogens with zero attached hydrogens (tertiary/aromatic N) is 4. The van der Waals surface area contributed by atoms with E-state index in [0.29, 0.717) is 23.8 Å². The first-order valence-corrected chi connectivity index (χ1v) is 14.0. The van der Waals surface area contributed by atoms with Crippen LogP contribution in [0.25, 0.3) is 10.9 Å². The number of aliphatic hydroxyl groups excluding tert-OH is 2. The van der Waals surface area contributed by atoms with Gasteiger partial charge in [-0.2, -0.15) is 10.4 Å². The average Bonchev–Trinajstić information content (AvgIpc) is 3.77. The van der Waals surface area contributed by atoms with Gasteiger partial charge < -0.3 is 24.8 Å². The Morgan fingerprint density at radius 2 is 1.93 bits per heavy atom. The SMILES string of the molecule is CCC(CO)(CO)NS(=O)(=O)C1(COc2nncc3cc(C(=O)NCc4ccc(C#N)cc4)c(=O)n(C)c23)CC1. The molecule has 1 aromatic carbocycles. The molecule has 0 bridgehead atoms. The van der Waals surface area contributed by atoms with Crippen LogP contribution in [0.4, 0.5) is 0 Å². The predicted molar refractivity (Wildman–Crippen MR) is 144 cm³/mol. The largest absolute Gasteiger partial charge is 0.473 e. The minimum atomic E-state index is -4.02. The van der Waals surface area contributed by atoms with Gasteiger partial charge in [-0.3, -0.25) is 9.59 Å². The number of aryl methyl sites for hydroxylation is 1. The van der Waals surface area contributed by atoms with Crippen LogP contribution in [0.3, 0.4) is 0 Å². The number of hydrogen-bond acceptors (Lipinski definition) is 10. The molecule has 0 atom stereocenters. The van der Waals surface area contributed by atoms with Crippen molar-refractivity contribution < 1.29 is 28.2 Å². The van der Waals surface area contributed by atoms with E-state index in [4.69, 9.17) is 10.00 Å². The van der Waals surface area contributed by atoms with E-state index in [0.717, 1.165) is 5.56 Å². The fraction of sp³-hybridized carbons (Fsp3) is 0.423. The second kappa shape index (κ2) is 11.3. The fourth-order valence-corrected chi connectivity index (χ4v) is 6.10. The number of nitrogens with one attached hydrogen (secondary N) is 2. The second-order valence-corrected chi connectivity index (χ2v) is 12.0. The standard InChI is InChI=1S/C26H30N6O7S/c1-3-25(14-33,15-34)31-40(37,38)26(8-9-26)16-39-23-21-19(13-29-30-23)10-20(24(36)32(21)2)22(35)28-12-18-6-4-17(11-27)5-7-18/h4-7,10,13,31,33-34H,3,8-9,12,14-16H2,1-2H3,(H,28,35). The summed E-state index contributed by atoms with van der Waals surface area (Å²) in [7, 11) is -2.57. The van der Waals surface area contributed by atoms with E-state index in [1.54, 1.807) is 31.2 Å². The van der Waals surface area contributed by atoms with Crippen molar-refractivity contribution in [3.05, 3.63) is 63.6 Å². The number of aliphatic hydroxyl groups is 2. The molecular weight excluding hydrogens is 540 g/mol. The molecule has 0 spiro atoms. The molecule has 0 saturated heterocycles. The van der Waals surface area contributed by atoms with Crippen molar-refractivity contribution in [2.45, 2.75) is 43.0 Å². The van der Waals surface area contributed by atoms with Crippen LogP contribution in [0.15, 0.2) is 41.3 Å². The summed E-state index contributed by atoms with van der Waals surface area (Å²) in [5.41, 5.74) is -0.663. The van der Waals surface area contributed by atoms with Crippen molar-refractivity contribution in [3.8, 4) is 11.9 Å². The smallest absolute Gasteiger partial charge is 0.263 e. The van der Waals surface area contributed by atoms with E-state index in [-0.39, 0.29) is 36.5 Å². The highest BCUT2D eigenvalue weighted by Crippen LogP contribution is 2.44. The van der Waals surface area contributed by atoms with Crippen molar-refractivity contribution >= 4 is 26.8 Å². The number of carbonyl (C=O) groups excluding carboxylic acids is 1. The number of carbonyl (C=O) groups is 1. The van der Waals surface area contributed by atoms with Crippen molar-refractivity contribution in [2.24, 2.45) is 7.05 Å². The van der Waals surface area contributed by atoms with Crippen LogP contribution in [0, 0.1) is 11.3 Å². The summed E-state index contributed by atoms with van der Waals surface area (Å²) in [6.45, 7) is 0.352. The van der Waals surface area contributed by atoms with Crippen molar-refractivity contribution in [3.63, 3.8) is 0 Å². The van der Waals surface area contributed by atoms with Gasteiger partial charge in [0.2, 0.25) is 10.0 Å². The normalized spacial score (nSPS) is 14.5. The number of ether oxygens (including phenoxy) is 1. The van der Waals surface area contributed by atoms with Crippen LogP contribution in [-0.2, 0) is 23.6 Å². The molecule has 4 rings (SSSR count). The minimum Gasteiger partial charge on any atom is -0.473 e. The van der Waals surface area contributed by atoms with Crippen LogP contribution < -0.4 is 20.3 Å². The molecule has 1 aliphatic carbocycles. The van der Waals surface area contributed by atoms with Gasteiger partial charge in [-0.15, -0.1) is 5.10 Å². The highest BCUT2D eigenvalue weighted by atomic mass is 32.2. The highest BCUT2D eigenvalue weighted by molar-refractivity contribution is 7.91. The monoisotopic (exact) mass is 570 g/mol. The number of benzene rings is 1. The molecule has 2 heterocycles. The lowest BCUT2D eigenvalue weighted by atomic mass is 10.0. The molecule has 1 fully saturated rings. The molecule has 1 aliphatic rings. The zero-order valence-electron chi connectivity index (χ0n) is 22.0. The lowest BCUT2D eigenvalue weighted by Gasteiger charge is -2.31. The van der Waals surface area contributed by atoms with Crippen LogP contribution in [0.5, 0.6) is 5.88 Å². The van der Waals surface area contributed by atoms with Gasteiger partial charge in [-0.25, -0.2) is 13.1 Å². The highest BCUT2D eigenvalue weighted by Gasteiger charge is 2.57. The van der Waals surface area contributed by atoms with Gasteiger partial charge in [0.25, 0.3) is 17.3 Å². The molecule has 13 nitrogen and oxygen atoms in total. The first-order valence-electron chi connectivity index (χ1n) is 12.5. The van der Waals surface area contributed by atoms with E-state index in [9.17, 15) is 28.2 Å². The van der Waals surface area contributed by atoms with Gasteiger partial charge in [-0.05, 0) is 43.0 Å². The third kappa shape index (κ3) is 5.54. The lowest BCUT2D eigenvalue weighted by molar-refractivity contribution is 0.0949. The van der Waals surface area contributed by atoms with E-state index in [1.807, 2.05) is 6.07 Å². The molecular formula is C26H30N6O7S. The summed E-state index contributed by atoms with van der Waals surface area (Å²) in [6.07, 6.45) is 2.12. The van der Waals surface area contributed by atoms with Gasteiger partial charge in [0.15, 0.2) is 0 Å². The Balaban J connectivity index is 1.54. The molecule has 0 radical (unpaired) electrons. The van der Waals surface area contributed by atoms with Crippen molar-refractivity contribution in [2.75, 3.05) is 19.8 Å². The maximum atomic E-state index is 13.2. The number of aromatic nitrogens is 3. The van der Waals surface area contributed by atoms with E-state index in [2.05, 4.69) is 20.2 Å². The summed E-state index contributed by atoms with van der Waals surface area (Å²) >= 11 is 0. The zero-order valence-corrected chi connectivity index (χ0v) is 22.9. The molecule has 14 heteroatoms. The molecule has 0 unspecified atom stereocenters. The molecule has 212 valence electrons. The van der Waals surface area contributed by atoms with E-state index < -0.39 is 45.0 Å². The third-order valence-electron chi connectivity index (χ3n) is 7.26. The molecule has 40 heavy (non-hydrogen) atoms. The number of sulfonamides is 1.